The molecule has 1 saturated heterocycles. The summed E-state index contributed by atoms with van der Waals surface area (Å²) in [6.07, 6.45) is -2.58. The molecule has 3 N–H and O–H groups in total. The molecule has 0 aromatic rings. The van der Waals surface area contributed by atoms with Crippen LogP contribution in [0.5, 0.6) is 0 Å². The molecule has 0 radical (unpaired) electrons. The number of likely N-dealkylation sites (N-methyl/N-ethyl adjacent to an activating group) is 1. The van der Waals surface area contributed by atoms with Gasteiger partial charge in [0.2, 0.25) is 0 Å². The van der Waals surface area contributed by atoms with Crippen molar-refractivity contribution < 1.29 is 19.7 Å². The number of hydrogen-bond donors (Lipinski definition) is 3. The second-order valence-corrected chi connectivity index (χ2v) is 4.02. The van der Waals surface area contributed by atoms with Crippen molar-refractivity contribution in [3.63, 3.8) is 0 Å². The molecule has 0 spiro atoms. The van der Waals surface area contributed by atoms with Crippen LogP contribution in [0.3, 0.4) is 0 Å². The summed E-state index contributed by atoms with van der Waals surface area (Å²) in [5.41, 5.74) is 0. The maximum absolute atomic E-state index is 9.72. The van der Waals surface area contributed by atoms with Gasteiger partial charge in [0, 0.05) is 12.5 Å². The van der Waals surface area contributed by atoms with E-state index < -0.39 is 18.5 Å². The smallest absolute Gasteiger partial charge is 0.186 e. The van der Waals surface area contributed by atoms with Crippen LogP contribution in [-0.2, 0) is 9.47 Å². The molecule has 0 bridgehead atoms. The van der Waals surface area contributed by atoms with Gasteiger partial charge in [0.15, 0.2) is 6.29 Å². The first-order chi connectivity index (χ1) is 7.07. The van der Waals surface area contributed by atoms with Crippen molar-refractivity contribution in [1.82, 2.24) is 5.32 Å². The Morgan fingerprint density at radius 2 is 1.93 bits per heavy atom. The standard InChI is InChI=1S/C10H21NO4/c1-6-7(2)15-10(9(13)8(6)12)14-5-4-11-3/h6-13H,4-5H2,1-3H3/t6-,7+,8-,9+,10-/m1/s1. The van der Waals surface area contributed by atoms with Crippen molar-refractivity contribution in [3.8, 4) is 0 Å². The number of nitrogens with one attached hydrogen (secondary N) is 1. The van der Waals surface area contributed by atoms with Crippen molar-refractivity contribution >= 4 is 0 Å². The first-order valence-corrected chi connectivity index (χ1v) is 5.35. The van der Waals surface area contributed by atoms with E-state index in [9.17, 15) is 10.2 Å². The third-order valence-electron chi connectivity index (χ3n) is 2.89. The summed E-state index contributed by atoms with van der Waals surface area (Å²) >= 11 is 0. The van der Waals surface area contributed by atoms with Crippen LogP contribution in [-0.4, -0.2) is 55.0 Å². The molecule has 1 aliphatic rings. The van der Waals surface area contributed by atoms with Gasteiger partial charge in [-0.15, -0.1) is 0 Å². The van der Waals surface area contributed by atoms with Gasteiger partial charge in [-0.05, 0) is 14.0 Å². The topological polar surface area (TPSA) is 71.0 Å². The average molecular weight is 219 g/mol. The predicted molar refractivity (Wildman–Crippen MR) is 55.4 cm³/mol. The largest absolute Gasteiger partial charge is 0.390 e. The molecule has 1 aliphatic heterocycles. The molecule has 0 saturated carbocycles. The van der Waals surface area contributed by atoms with Gasteiger partial charge in [-0.25, -0.2) is 0 Å². The minimum absolute atomic E-state index is 0.0795. The number of ether oxygens (including phenoxy) is 2. The molecule has 0 aromatic heterocycles. The monoisotopic (exact) mass is 219 g/mol. The number of aliphatic hydroxyl groups is 2. The Bertz CT molecular complexity index is 190. The lowest BCUT2D eigenvalue weighted by molar-refractivity contribution is -0.279. The second kappa shape index (κ2) is 5.77. The molecule has 90 valence electrons. The summed E-state index contributed by atoms with van der Waals surface area (Å²) in [5, 5.41) is 22.4. The van der Waals surface area contributed by atoms with Crippen LogP contribution in [0.25, 0.3) is 0 Å². The fourth-order valence-corrected chi connectivity index (χ4v) is 1.58. The van der Waals surface area contributed by atoms with E-state index in [1.165, 1.54) is 0 Å². The van der Waals surface area contributed by atoms with E-state index in [1.54, 1.807) is 0 Å². The van der Waals surface area contributed by atoms with Gasteiger partial charge in [-0.3, -0.25) is 0 Å². The number of rotatable bonds is 4. The molecule has 5 nitrogen and oxygen atoms in total. The maximum Gasteiger partial charge on any atom is 0.186 e. The lowest BCUT2D eigenvalue weighted by atomic mass is 9.92. The number of aliphatic hydroxyl groups excluding tert-OH is 2. The minimum Gasteiger partial charge on any atom is -0.390 e. The summed E-state index contributed by atoms with van der Waals surface area (Å²) in [7, 11) is 1.82. The molecule has 5 atom stereocenters. The Morgan fingerprint density at radius 3 is 2.53 bits per heavy atom. The van der Waals surface area contributed by atoms with Gasteiger partial charge in [-0.2, -0.15) is 0 Å². The second-order valence-electron chi connectivity index (χ2n) is 4.02. The van der Waals surface area contributed by atoms with Crippen LogP contribution in [0.2, 0.25) is 0 Å². The van der Waals surface area contributed by atoms with Gasteiger partial charge in [0.05, 0.1) is 18.8 Å². The lowest BCUT2D eigenvalue weighted by Gasteiger charge is -2.39. The van der Waals surface area contributed by atoms with Gasteiger partial charge in [0.25, 0.3) is 0 Å². The zero-order valence-corrected chi connectivity index (χ0v) is 9.51. The Balaban J connectivity index is 2.43. The predicted octanol–water partition coefficient (Wildman–Crippen LogP) is -0.675. The SMILES string of the molecule is CNCCO[C@@H]1O[C@@H](C)[C@@H](C)[C@@H](O)[C@@H]1O. The van der Waals surface area contributed by atoms with E-state index in [4.69, 9.17) is 9.47 Å². The van der Waals surface area contributed by atoms with Gasteiger partial charge in [-0.1, -0.05) is 6.92 Å². The van der Waals surface area contributed by atoms with Crippen LogP contribution < -0.4 is 5.32 Å². The first-order valence-electron chi connectivity index (χ1n) is 5.35. The molecule has 15 heavy (non-hydrogen) atoms. The van der Waals surface area contributed by atoms with Crippen LogP contribution in [0, 0.1) is 5.92 Å². The fraction of sp³-hybridized carbons (Fsp3) is 1.00. The van der Waals surface area contributed by atoms with E-state index in [0.29, 0.717) is 13.2 Å². The van der Waals surface area contributed by atoms with Crippen molar-refractivity contribution in [2.24, 2.45) is 5.92 Å². The van der Waals surface area contributed by atoms with Crippen molar-refractivity contribution in [1.29, 1.82) is 0 Å². The van der Waals surface area contributed by atoms with Crippen LogP contribution >= 0.6 is 0 Å². The van der Waals surface area contributed by atoms with E-state index in [-0.39, 0.29) is 12.0 Å². The quantitative estimate of drug-likeness (QED) is 0.547. The van der Waals surface area contributed by atoms with Gasteiger partial charge < -0.3 is 25.0 Å². The third-order valence-corrected chi connectivity index (χ3v) is 2.89. The van der Waals surface area contributed by atoms with E-state index >= 15 is 0 Å². The molecule has 0 unspecified atom stereocenters. The van der Waals surface area contributed by atoms with E-state index in [0.717, 1.165) is 0 Å². The molecular formula is C10H21NO4. The molecule has 5 heteroatoms. The molecule has 1 heterocycles. The highest BCUT2D eigenvalue weighted by Gasteiger charge is 2.40. The Morgan fingerprint density at radius 1 is 1.27 bits per heavy atom. The zero-order valence-electron chi connectivity index (χ0n) is 9.51. The number of hydrogen-bond acceptors (Lipinski definition) is 5. The molecular weight excluding hydrogens is 198 g/mol. The highest BCUT2D eigenvalue weighted by Crippen LogP contribution is 2.25. The Labute approximate surface area is 90.4 Å². The normalized spacial score (nSPS) is 41.8. The Hall–Kier alpha value is -0.200. The van der Waals surface area contributed by atoms with Crippen molar-refractivity contribution in [2.45, 2.75) is 38.4 Å². The molecule has 1 rings (SSSR count). The van der Waals surface area contributed by atoms with E-state index in [1.807, 2.05) is 20.9 Å². The summed E-state index contributed by atoms with van der Waals surface area (Å²) in [4.78, 5) is 0. The molecule has 0 amide bonds. The minimum atomic E-state index is -0.965. The highest BCUT2D eigenvalue weighted by molar-refractivity contribution is 4.84. The third kappa shape index (κ3) is 3.12. The van der Waals surface area contributed by atoms with Crippen LogP contribution in [0.4, 0.5) is 0 Å². The molecule has 1 fully saturated rings. The van der Waals surface area contributed by atoms with Gasteiger partial charge >= 0.3 is 0 Å². The lowest BCUT2D eigenvalue weighted by Crippen LogP contribution is -2.53. The Kier molecular flexibility index (Phi) is 4.95. The molecule has 0 aromatic carbocycles. The average Bonchev–Trinajstić information content (AvgIpc) is 2.23. The summed E-state index contributed by atoms with van der Waals surface area (Å²) in [5.74, 6) is -0.0795. The molecule has 0 aliphatic carbocycles. The first kappa shape index (κ1) is 12.9. The summed E-state index contributed by atoms with van der Waals surface area (Å²) in [6.45, 7) is 4.86. The van der Waals surface area contributed by atoms with E-state index in [2.05, 4.69) is 5.32 Å². The van der Waals surface area contributed by atoms with Crippen molar-refractivity contribution in [3.05, 3.63) is 0 Å². The highest BCUT2D eigenvalue weighted by atomic mass is 16.7. The van der Waals surface area contributed by atoms with Crippen LogP contribution in [0.1, 0.15) is 13.8 Å². The summed E-state index contributed by atoms with van der Waals surface area (Å²) < 4.78 is 10.8. The van der Waals surface area contributed by atoms with Crippen molar-refractivity contribution in [2.75, 3.05) is 20.2 Å². The zero-order chi connectivity index (χ0) is 11.4. The summed E-state index contributed by atoms with van der Waals surface area (Å²) in [6, 6.07) is 0. The van der Waals surface area contributed by atoms with Crippen LogP contribution in [0.15, 0.2) is 0 Å². The fourth-order valence-electron chi connectivity index (χ4n) is 1.58. The maximum atomic E-state index is 9.72. The van der Waals surface area contributed by atoms with Gasteiger partial charge in [0.1, 0.15) is 6.10 Å².